The maximum atomic E-state index is 12.3. The van der Waals surface area contributed by atoms with Gasteiger partial charge in [-0.3, -0.25) is 4.79 Å². The molecule has 3 rings (SSSR count). The van der Waals surface area contributed by atoms with Crippen molar-refractivity contribution in [2.45, 2.75) is 26.4 Å². The van der Waals surface area contributed by atoms with Gasteiger partial charge in [0.15, 0.2) is 0 Å². The molecule has 2 aromatic heterocycles. The second-order valence-corrected chi connectivity index (χ2v) is 6.14. The molecule has 1 aliphatic heterocycles. The van der Waals surface area contributed by atoms with Crippen LogP contribution in [0.4, 0.5) is 0 Å². The summed E-state index contributed by atoms with van der Waals surface area (Å²) in [4.78, 5) is 23.4. The van der Waals surface area contributed by atoms with E-state index in [1.54, 1.807) is 0 Å². The zero-order valence-electron chi connectivity index (χ0n) is 12.1. The average Bonchev–Trinajstić information content (AvgIpc) is 3.07. The van der Waals surface area contributed by atoms with Crippen LogP contribution in [-0.2, 0) is 0 Å². The van der Waals surface area contributed by atoms with Gasteiger partial charge in [-0.05, 0) is 31.4 Å². The monoisotopic (exact) mass is 303 g/mol. The number of carbonyl (C=O) groups is 1. The molecule has 3 heterocycles. The number of ether oxygens (including phenoxy) is 1. The summed E-state index contributed by atoms with van der Waals surface area (Å²) in [6.45, 7) is 5.14. The van der Waals surface area contributed by atoms with Crippen molar-refractivity contribution < 1.29 is 9.53 Å². The lowest BCUT2D eigenvalue weighted by Gasteiger charge is -2.16. The van der Waals surface area contributed by atoms with Gasteiger partial charge in [0.1, 0.15) is 6.10 Å². The Morgan fingerprint density at radius 2 is 2.14 bits per heavy atom. The highest BCUT2D eigenvalue weighted by Crippen LogP contribution is 2.20. The van der Waals surface area contributed by atoms with Crippen molar-refractivity contribution >= 4 is 17.2 Å². The Morgan fingerprint density at radius 1 is 1.38 bits per heavy atom. The lowest BCUT2D eigenvalue weighted by atomic mass is 10.3. The molecule has 1 atom stereocenters. The number of likely N-dealkylation sites (tertiary alicyclic amines) is 1. The second-order valence-electron chi connectivity index (χ2n) is 5.19. The fraction of sp³-hybridized carbons (Fsp3) is 0.400. The first-order valence-corrected chi connectivity index (χ1v) is 7.81. The molecule has 1 amide bonds. The molecule has 0 bridgehead atoms. The highest BCUT2D eigenvalue weighted by Gasteiger charge is 2.29. The summed E-state index contributed by atoms with van der Waals surface area (Å²) in [7, 11) is 0. The standard InChI is InChI=1S/C15H17N3O2S/c1-10-8-11(2)17-15(16-10)20-12-5-6-18(9-12)14(19)13-4-3-7-21-13/h3-4,7-8,12H,5-6,9H2,1-2H3/t12-/m0/s1. The van der Waals surface area contributed by atoms with Crippen molar-refractivity contribution in [3.8, 4) is 6.01 Å². The Balaban J connectivity index is 1.63. The number of nitrogens with zero attached hydrogens (tertiary/aromatic N) is 3. The normalized spacial score (nSPS) is 18.0. The van der Waals surface area contributed by atoms with Gasteiger partial charge in [-0.2, -0.15) is 0 Å². The van der Waals surface area contributed by atoms with E-state index in [0.29, 0.717) is 19.1 Å². The molecule has 2 aromatic rings. The van der Waals surface area contributed by atoms with Crippen LogP contribution in [0.2, 0.25) is 0 Å². The van der Waals surface area contributed by atoms with Gasteiger partial charge in [0, 0.05) is 24.4 Å². The Morgan fingerprint density at radius 3 is 2.81 bits per heavy atom. The van der Waals surface area contributed by atoms with Gasteiger partial charge in [0.05, 0.1) is 11.4 Å². The fourth-order valence-corrected chi connectivity index (χ4v) is 3.15. The fourth-order valence-electron chi connectivity index (χ4n) is 2.46. The summed E-state index contributed by atoms with van der Waals surface area (Å²) in [5.74, 6) is 0.0810. The summed E-state index contributed by atoms with van der Waals surface area (Å²) >= 11 is 1.47. The van der Waals surface area contributed by atoms with Crippen molar-refractivity contribution in [2.75, 3.05) is 13.1 Å². The molecule has 0 radical (unpaired) electrons. The van der Waals surface area contributed by atoms with Gasteiger partial charge in [-0.15, -0.1) is 11.3 Å². The van der Waals surface area contributed by atoms with Gasteiger partial charge in [0.25, 0.3) is 5.91 Å². The molecule has 21 heavy (non-hydrogen) atoms. The topological polar surface area (TPSA) is 55.3 Å². The molecule has 1 aliphatic rings. The number of aromatic nitrogens is 2. The smallest absolute Gasteiger partial charge is 0.317 e. The quantitative estimate of drug-likeness (QED) is 0.874. The van der Waals surface area contributed by atoms with Gasteiger partial charge in [-0.1, -0.05) is 6.07 Å². The lowest BCUT2D eigenvalue weighted by molar-refractivity contribution is 0.0774. The predicted octanol–water partition coefficient (Wildman–Crippen LogP) is 2.45. The summed E-state index contributed by atoms with van der Waals surface area (Å²) < 4.78 is 5.82. The van der Waals surface area contributed by atoms with Crippen LogP contribution in [0.5, 0.6) is 6.01 Å². The first-order chi connectivity index (χ1) is 10.1. The first-order valence-electron chi connectivity index (χ1n) is 6.93. The third-order valence-electron chi connectivity index (χ3n) is 3.40. The molecular formula is C15H17N3O2S. The molecule has 1 saturated heterocycles. The zero-order chi connectivity index (χ0) is 14.8. The van der Waals surface area contributed by atoms with Crippen LogP contribution < -0.4 is 4.74 Å². The predicted molar refractivity (Wildman–Crippen MR) is 80.8 cm³/mol. The number of rotatable bonds is 3. The van der Waals surface area contributed by atoms with E-state index in [2.05, 4.69) is 9.97 Å². The van der Waals surface area contributed by atoms with E-state index in [1.807, 2.05) is 42.3 Å². The van der Waals surface area contributed by atoms with Gasteiger partial charge >= 0.3 is 6.01 Å². The number of aryl methyl sites for hydroxylation is 2. The van der Waals surface area contributed by atoms with E-state index in [-0.39, 0.29) is 12.0 Å². The molecule has 0 aliphatic carbocycles. The van der Waals surface area contributed by atoms with Crippen LogP contribution in [0.25, 0.3) is 0 Å². The SMILES string of the molecule is Cc1cc(C)nc(O[C@H]2CCN(C(=O)c3cccs3)C2)n1. The minimum absolute atomic E-state index is 0.0323. The van der Waals surface area contributed by atoms with Crippen LogP contribution in [0.1, 0.15) is 27.5 Å². The molecule has 6 heteroatoms. The number of thiophene rings is 1. The van der Waals surface area contributed by atoms with E-state index in [1.165, 1.54) is 11.3 Å². The summed E-state index contributed by atoms with van der Waals surface area (Å²) in [5, 5.41) is 1.92. The Bertz CT molecular complexity index is 622. The third kappa shape index (κ3) is 3.21. The van der Waals surface area contributed by atoms with Crippen LogP contribution in [0.15, 0.2) is 23.6 Å². The van der Waals surface area contributed by atoms with E-state index >= 15 is 0 Å². The first kappa shape index (κ1) is 14.0. The summed E-state index contributed by atoms with van der Waals surface area (Å²) in [6, 6.07) is 6.07. The lowest BCUT2D eigenvalue weighted by Crippen LogP contribution is -2.30. The molecule has 0 unspecified atom stereocenters. The van der Waals surface area contributed by atoms with Gasteiger partial charge in [-0.25, -0.2) is 9.97 Å². The van der Waals surface area contributed by atoms with Crippen molar-refractivity contribution in [1.82, 2.24) is 14.9 Å². The van der Waals surface area contributed by atoms with Crippen molar-refractivity contribution in [3.05, 3.63) is 39.8 Å². The molecule has 0 N–H and O–H groups in total. The largest absolute Gasteiger partial charge is 0.458 e. The minimum Gasteiger partial charge on any atom is -0.458 e. The molecular weight excluding hydrogens is 286 g/mol. The van der Waals surface area contributed by atoms with E-state index < -0.39 is 0 Å². The van der Waals surface area contributed by atoms with Crippen LogP contribution in [0.3, 0.4) is 0 Å². The van der Waals surface area contributed by atoms with Crippen molar-refractivity contribution in [2.24, 2.45) is 0 Å². The van der Waals surface area contributed by atoms with E-state index in [9.17, 15) is 4.79 Å². The molecule has 1 fully saturated rings. The van der Waals surface area contributed by atoms with Gasteiger partial charge < -0.3 is 9.64 Å². The number of hydrogen-bond acceptors (Lipinski definition) is 5. The molecule has 0 aromatic carbocycles. The van der Waals surface area contributed by atoms with Crippen LogP contribution in [0, 0.1) is 13.8 Å². The van der Waals surface area contributed by atoms with Crippen LogP contribution >= 0.6 is 11.3 Å². The maximum absolute atomic E-state index is 12.3. The molecule has 0 spiro atoms. The third-order valence-corrected chi connectivity index (χ3v) is 4.26. The average molecular weight is 303 g/mol. The minimum atomic E-state index is -0.0323. The Kier molecular flexibility index (Phi) is 3.88. The zero-order valence-corrected chi connectivity index (χ0v) is 12.9. The van der Waals surface area contributed by atoms with E-state index in [0.717, 1.165) is 22.7 Å². The van der Waals surface area contributed by atoms with Gasteiger partial charge in [0.2, 0.25) is 0 Å². The number of hydrogen-bond donors (Lipinski definition) is 0. The highest BCUT2D eigenvalue weighted by atomic mass is 32.1. The molecule has 0 saturated carbocycles. The Labute approximate surface area is 127 Å². The number of amides is 1. The van der Waals surface area contributed by atoms with E-state index in [4.69, 9.17) is 4.74 Å². The summed E-state index contributed by atoms with van der Waals surface area (Å²) in [5.41, 5.74) is 1.78. The molecule has 5 nitrogen and oxygen atoms in total. The maximum Gasteiger partial charge on any atom is 0.317 e. The number of carbonyl (C=O) groups excluding carboxylic acids is 1. The second kappa shape index (κ2) is 5.81. The van der Waals surface area contributed by atoms with Crippen molar-refractivity contribution in [1.29, 1.82) is 0 Å². The summed E-state index contributed by atoms with van der Waals surface area (Å²) in [6.07, 6.45) is 0.781. The Hall–Kier alpha value is -1.95. The van der Waals surface area contributed by atoms with Crippen LogP contribution in [-0.4, -0.2) is 40.0 Å². The highest BCUT2D eigenvalue weighted by molar-refractivity contribution is 7.12. The molecule has 110 valence electrons. The van der Waals surface area contributed by atoms with Crippen molar-refractivity contribution in [3.63, 3.8) is 0 Å².